The van der Waals surface area contributed by atoms with Crippen molar-refractivity contribution in [2.75, 3.05) is 44.3 Å². The summed E-state index contributed by atoms with van der Waals surface area (Å²) in [7, 11) is -3.67. The summed E-state index contributed by atoms with van der Waals surface area (Å²) in [6.07, 6.45) is 3.24. The minimum Gasteiger partial charge on any atom is -0.387 e. The molecule has 0 atom stereocenters. The lowest BCUT2D eigenvalue weighted by Crippen LogP contribution is -2.58. The molecule has 4 N–H and O–H groups in total. The standard InChI is InChI=1S/C22H31N5O4S/c1-4-16(12-25-21(23)15(2)3)17-9-18(26-5-7-31-8-6-26)11-19(10-17)32(29,30)20-13-27(14-20)22(24)28/h4,9-12,15,20H,1,5-8,13-14H2,2-3H3,(H2,23,25)(H2,24,28)/b16-12+. The number of ether oxygens (including phenoxy) is 1. The van der Waals surface area contributed by atoms with Crippen LogP contribution in [0.2, 0.25) is 0 Å². The number of nitrogens with two attached hydrogens (primary N) is 2. The van der Waals surface area contributed by atoms with Gasteiger partial charge < -0.3 is 26.0 Å². The number of allylic oxidation sites excluding steroid dienone is 2. The lowest BCUT2D eigenvalue weighted by Gasteiger charge is -2.37. The quantitative estimate of drug-likeness (QED) is 0.360. The lowest BCUT2D eigenvalue weighted by molar-refractivity contribution is 0.122. The Kier molecular flexibility index (Phi) is 7.25. The summed E-state index contributed by atoms with van der Waals surface area (Å²) < 4.78 is 32.1. The molecule has 2 saturated heterocycles. The highest BCUT2D eigenvalue weighted by molar-refractivity contribution is 7.92. The van der Waals surface area contributed by atoms with Gasteiger partial charge in [-0.25, -0.2) is 18.2 Å². The van der Waals surface area contributed by atoms with Crippen molar-refractivity contribution in [2.45, 2.75) is 24.0 Å². The maximum Gasteiger partial charge on any atom is 0.314 e. The number of amides is 2. The Morgan fingerprint density at radius 2 is 1.88 bits per heavy atom. The predicted molar refractivity (Wildman–Crippen MR) is 126 cm³/mol. The van der Waals surface area contributed by atoms with Crippen LogP contribution in [0.15, 0.2) is 46.9 Å². The van der Waals surface area contributed by atoms with Crippen molar-refractivity contribution in [3.63, 3.8) is 0 Å². The number of morpholine rings is 1. The Labute approximate surface area is 189 Å². The van der Waals surface area contributed by atoms with Gasteiger partial charge in [0.15, 0.2) is 9.84 Å². The molecule has 2 aliphatic heterocycles. The van der Waals surface area contributed by atoms with Crippen molar-refractivity contribution in [3.8, 4) is 0 Å². The first-order valence-corrected chi connectivity index (χ1v) is 12.1. The van der Waals surface area contributed by atoms with Crippen LogP contribution in [0.1, 0.15) is 19.4 Å². The van der Waals surface area contributed by atoms with Gasteiger partial charge in [0.2, 0.25) is 0 Å². The highest BCUT2D eigenvalue weighted by Crippen LogP contribution is 2.31. The monoisotopic (exact) mass is 461 g/mol. The average molecular weight is 462 g/mol. The summed E-state index contributed by atoms with van der Waals surface area (Å²) in [6, 6.07) is 4.62. The van der Waals surface area contributed by atoms with E-state index in [-0.39, 0.29) is 23.9 Å². The molecule has 3 rings (SSSR count). The maximum absolute atomic E-state index is 13.3. The second-order valence-electron chi connectivity index (χ2n) is 8.22. The van der Waals surface area contributed by atoms with Crippen LogP contribution in [0.25, 0.3) is 5.57 Å². The van der Waals surface area contributed by atoms with Crippen LogP contribution in [-0.2, 0) is 14.6 Å². The number of primary amides is 1. The zero-order chi connectivity index (χ0) is 23.5. The number of benzene rings is 1. The van der Waals surface area contributed by atoms with E-state index < -0.39 is 21.1 Å². The highest BCUT2D eigenvalue weighted by Gasteiger charge is 2.40. The molecule has 0 aromatic heterocycles. The molecule has 0 aliphatic carbocycles. The van der Waals surface area contributed by atoms with E-state index in [0.29, 0.717) is 43.3 Å². The number of amidine groups is 1. The van der Waals surface area contributed by atoms with Crippen molar-refractivity contribution >= 4 is 33.0 Å². The van der Waals surface area contributed by atoms with Gasteiger partial charge in [-0.2, -0.15) is 0 Å². The predicted octanol–water partition coefficient (Wildman–Crippen LogP) is 1.60. The second-order valence-corrected chi connectivity index (χ2v) is 10.5. The Morgan fingerprint density at radius 1 is 1.22 bits per heavy atom. The minimum absolute atomic E-state index is 0.0831. The molecule has 0 unspecified atom stereocenters. The minimum atomic E-state index is -3.67. The molecule has 0 bridgehead atoms. The molecule has 0 spiro atoms. The van der Waals surface area contributed by atoms with Gasteiger partial charge in [-0.3, -0.25) is 0 Å². The van der Waals surface area contributed by atoms with Crippen molar-refractivity contribution in [3.05, 3.63) is 42.6 Å². The Balaban J connectivity index is 2.03. The summed E-state index contributed by atoms with van der Waals surface area (Å²) in [6.45, 7) is 10.4. The number of hydrogen-bond donors (Lipinski definition) is 2. The number of aliphatic imine (C=N–C) groups is 1. The summed E-state index contributed by atoms with van der Waals surface area (Å²) in [4.78, 5) is 19.2. The summed E-state index contributed by atoms with van der Waals surface area (Å²) in [5.74, 6) is 0.558. The van der Waals surface area contributed by atoms with Gasteiger partial charge >= 0.3 is 6.03 Å². The second kappa shape index (κ2) is 9.74. The van der Waals surface area contributed by atoms with Crippen molar-refractivity contribution in [1.29, 1.82) is 0 Å². The molecule has 1 aromatic rings. The molecule has 2 aliphatic rings. The van der Waals surface area contributed by atoms with Gasteiger partial charge in [-0.1, -0.05) is 26.5 Å². The van der Waals surface area contributed by atoms with E-state index in [4.69, 9.17) is 16.2 Å². The average Bonchev–Trinajstić information content (AvgIpc) is 2.72. The molecule has 10 heteroatoms. The van der Waals surface area contributed by atoms with E-state index in [2.05, 4.69) is 16.5 Å². The molecule has 2 fully saturated rings. The van der Waals surface area contributed by atoms with Gasteiger partial charge in [-0.05, 0) is 29.3 Å². The number of carbonyl (C=O) groups is 1. The van der Waals surface area contributed by atoms with Gasteiger partial charge in [-0.15, -0.1) is 0 Å². The van der Waals surface area contributed by atoms with Gasteiger partial charge in [0.05, 0.1) is 18.1 Å². The van der Waals surface area contributed by atoms with Crippen molar-refractivity contribution in [2.24, 2.45) is 22.4 Å². The van der Waals surface area contributed by atoms with E-state index in [1.807, 2.05) is 19.9 Å². The van der Waals surface area contributed by atoms with Crippen LogP contribution in [0, 0.1) is 5.92 Å². The third kappa shape index (κ3) is 5.13. The number of likely N-dealkylation sites (tertiary alicyclic amines) is 1. The fraction of sp³-hybridized carbons (Fsp3) is 0.455. The van der Waals surface area contributed by atoms with Crippen LogP contribution >= 0.6 is 0 Å². The zero-order valence-electron chi connectivity index (χ0n) is 18.5. The number of anilines is 1. The van der Waals surface area contributed by atoms with Crippen LogP contribution < -0.4 is 16.4 Å². The molecule has 2 heterocycles. The molecular weight excluding hydrogens is 430 g/mol. The van der Waals surface area contributed by atoms with Gasteiger partial charge in [0.25, 0.3) is 0 Å². The number of sulfone groups is 1. The number of hydrogen-bond acceptors (Lipinski definition) is 6. The molecule has 0 saturated carbocycles. The van der Waals surface area contributed by atoms with Crippen LogP contribution in [0.4, 0.5) is 10.5 Å². The van der Waals surface area contributed by atoms with Gasteiger partial charge in [0.1, 0.15) is 11.1 Å². The van der Waals surface area contributed by atoms with E-state index >= 15 is 0 Å². The first-order valence-electron chi connectivity index (χ1n) is 10.6. The normalized spacial score (nSPS) is 18.6. The Bertz CT molecular complexity index is 1040. The Morgan fingerprint density at radius 3 is 2.44 bits per heavy atom. The number of rotatable bonds is 7. The molecule has 174 valence electrons. The highest BCUT2D eigenvalue weighted by atomic mass is 32.2. The molecule has 9 nitrogen and oxygen atoms in total. The molecule has 32 heavy (non-hydrogen) atoms. The maximum atomic E-state index is 13.3. The summed E-state index contributed by atoms with van der Waals surface area (Å²) in [5.41, 5.74) is 13.3. The first kappa shape index (κ1) is 23.8. The van der Waals surface area contributed by atoms with E-state index in [0.717, 1.165) is 5.69 Å². The number of urea groups is 1. The molecule has 0 radical (unpaired) electrons. The van der Waals surface area contributed by atoms with E-state index in [1.54, 1.807) is 24.4 Å². The topological polar surface area (TPSA) is 131 Å². The molecule has 2 amide bonds. The third-order valence-electron chi connectivity index (χ3n) is 5.69. The van der Waals surface area contributed by atoms with Crippen LogP contribution in [0.5, 0.6) is 0 Å². The van der Waals surface area contributed by atoms with E-state index in [1.165, 1.54) is 4.90 Å². The van der Waals surface area contributed by atoms with Gasteiger partial charge in [0, 0.05) is 44.0 Å². The summed E-state index contributed by atoms with van der Waals surface area (Å²) in [5, 5.41) is -0.687. The fourth-order valence-corrected chi connectivity index (χ4v) is 5.18. The number of carbonyl (C=O) groups excluding carboxylic acids is 1. The fourth-order valence-electron chi connectivity index (χ4n) is 3.46. The van der Waals surface area contributed by atoms with Crippen LogP contribution in [-0.4, -0.2) is 69.8 Å². The largest absolute Gasteiger partial charge is 0.387 e. The lowest BCUT2D eigenvalue weighted by atomic mass is 10.1. The van der Waals surface area contributed by atoms with Crippen LogP contribution in [0.3, 0.4) is 0 Å². The van der Waals surface area contributed by atoms with E-state index in [9.17, 15) is 13.2 Å². The smallest absolute Gasteiger partial charge is 0.314 e. The van der Waals surface area contributed by atoms with Crippen molar-refractivity contribution in [1.82, 2.24) is 4.90 Å². The Hall–Kier alpha value is -2.85. The first-order chi connectivity index (χ1) is 15.1. The zero-order valence-corrected chi connectivity index (χ0v) is 19.3. The third-order valence-corrected chi connectivity index (χ3v) is 7.76. The molecular formula is C22H31N5O4S. The SMILES string of the molecule is C=C/C(=C\N=C(\N)C(C)C)c1cc(N2CCOCC2)cc(S(=O)(=O)C2CN(C(N)=O)C2)c1. The molecule has 1 aromatic carbocycles. The van der Waals surface area contributed by atoms with Crippen molar-refractivity contribution < 1.29 is 17.9 Å². The summed E-state index contributed by atoms with van der Waals surface area (Å²) >= 11 is 0. The number of nitrogens with zero attached hydrogens (tertiary/aromatic N) is 3.